The Morgan fingerprint density at radius 3 is 2.89 bits per heavy atom. The number of halogens is 2. The van der Waals surface area contributed by atoms with E-state index in [0.717, 1.165) is 24.8 Å². The number of carbonyl (C=O) groups excluding carboxylic acids is 1. The lowest BCUT2D eigenvalue weighted by Crippen LogP contribution is -2.06. The lowest BCUT2D eigenvalue weighted by atomic mass is 10.0. The average molecular weight is 296 g/mol. The summed E-state index contributed by atoms with van der Waals surface area (Å²) < 4.78 is 13.4. The Morgan fingerprint density at radius 1 is 1.37 bits per heavy atom. The number of hydrogen-bond donors (Lipinski definition) is 1. The van der Waals surface area contributed by atoms with Crippen molar-refractivity contribution < 1.29 is 9.18 Å². The molecule has 0 bridgehead atoms. The fraction of sp³-hybridized carbons (Fsp3) is 0.214. The highest BCUT2D eigenvalue weighted by atomic mass is 35.5. The number of hydrogen-bond acceptors (Lipinski definition) is 3. The minimum atomic E-state index is -0.585. The molecule has 0 spiro atoms. The second-order valence-electron chi connectivity index (χ2n) is 4.55. The number of rotatable bonds is 2. The van der Waals surface area contributed by atoms with Gasteiger partial charge in [-0.15, -0.1) is 11.3 Å². The van der Waals surface area contributed by atoms with Crippen LogP contribution in [0.5, 0.6) is 0 Å². The molecule has 0 fully saturated rings. The molecular weight excluding hydrogens is 285 g/mol. The third-order valence-corrected chi connectivity index (χ3v) is 4.78. The van der Waals surface area contributed by atoms with Crippen molar-refractivity contribution in [3.63, 3.8) is 0 Å². The maximum Gasteiger partial charge on any atom is 0.196 e. The molecule has 1 aliphatic carbocycles. The highest BCUT2D eigenvalue weighted by Crippen LogP contribution is 2.38. The van der Waals surface area contributed by atoms with E-state index in [1.807, 2.05) is 0 Å². The summed E-state index contributed by atoms with van der Waals surface area (Å²) in [5, 5.41) is 0.546. The van der Waals surface area contributed by atoms with E-state index < -0.39 is 5.82 Å². The minimum Gasteiger partial charge on any atom is -0.390 e. The molecule has 1 aromatic carbocycles. The van der Waals surface area contributed by atoms with Crippen molar-refractivity contribution >= 4 is 33.7 Å². The predicted octanol–water partition coefficient (Wildman–Crippen LogP) is 3.84. The Morgan fingerprint density at radius 2 is 2.16 bits per heavy atom. The van der Waals surface area contributed by atoms with Crippen LogP contribution in [0.4, 0.5) is 9.39 Å². The van der Waals surface area contributed by atoms with Gasteiger partial charge < -0.3 is 5.73 Å². The van der Waals surface area contributed by atoms with E-state index in [-0.39, 0.29) is 10.8 Å². The van der Waals surface area contributed by atoms with Crippen LogP contribution < -0.4 is 5.73 Å². The van der Waals surface area contributed by atoms with Crippen LogP contribution in [0.1, 0.15) is 32.8 Å². The number of fused-ring (bicyclic) bond motifs is 1. The number of nitrogens with two attached hydrogens (primary N) is 1. The number of anilines is 1. The van der Waals surface area contributed by atoms with Gasteiger partial charge in [-0.05, 0) is 43.0 Å². The van der Waals surface area contributed by atoms with Crippen LogP contribution in [0.25, 0.3) is 0 Å². The van der Waals surface area contributed by atoms with Gasteiger partial charge in [-0.1, -0.05) is 11.6 Å². The van der Waals surface area contributed by atoms with Crippen LogP contribution >= 0.6 is 22.9 Å². The summed E-state index contributed by atoms with van der Waals surface area (Å²) in [4.78, 5) is 13.7. The maximum absolute atomic E-state index is 13.4. The second-order valence-corrected chi connectivity index (χ2v) is 6.10. The highest BCUT2D eigenvalue weighted by Gasteiger charge is 2.26. The normalized spacial score (nSPS) is 13.6. The topological polar surface area (TPSA) is 43.1 Å². The first-order valence-electron chi connectivity index (χ1n) is 5.97. The van der Waals surface area contributed by atoms with E-state index in [4.69, 9.17) is 17.3 Å². The molecule has 2 aromatic rings. The first kappa shape index (κ1) is 12.6. The smallest absolute Gasteiger partial charge is 0.196 e. The van der Waals surface area contributed by atoms with Crippen LogP contribution in [0.2, 0.25) is 5.02 Å². The van der Waals surface area contributed by atoms with Gasteiger partial charge in [-0.25, -0.2) is 4.39 Å². The van der Waals surface area contributed by atoms with Crippen LogP contribution in [-0.4, -0.2) is 5.78 Å². The van der Waals surface area contributed by atoms with Crippen LogP contribution in [0.15, 0.2) is 18.2 Å². The summed E-state index contributed by atoms with van der Waals surface area (Å²) in [6.07, 6.45) is 2.91. The molecule has 0 amide bonds. The summed E-state index contributed by atoms with van der Waals surface area (Å²) >= 11 is 7.10. The first-order chi connectivity index (χ1) is 9.08. The van der Waals surface area contributed by atoms with E-state index in [1.54, 1.807) is 0 Å². The number of carbonyl (C=O) groups is 1. The second kappa shape index (κ2) is 4.62. The predicted molar refractivity (Wildman–Crippen MR) is 75.6 cm³/mol. The zero-order chi connectivity index (χ0) is 13.6. The Bertz CT molecular complexity index is 680. The summed E-state index contributed by atoms with van der Waals surface area (Å²) in [5.41, 5.74) is 7.83. The van der Waals surface area contributed by atoms with Crippen LogP contribution in [0.3, 0.4) is 0 Å². The van der Waals surface area contributed by atoms with Crippen LogP contribution in [0, 0.1) is 5.82 Å². The molecule has 0 saturated carbocycles. The third kappa shape index (κ3) is 2.05. The number of aryl methyl sites for hydroxylation is 1. The van der Waals surface area contributed by atoms with E-state index >= 15 is 0 Å². The molecule has 5 heteroatoms. The van der Waals surface area contributed by atoms with E-state index in [9.17, 15) is 9.18 Å². The Hall–Kier alpha value is -1.39. The summed E-state index contributed by atoms with van der Waals surface area (Å²) in [6, 6.07) is 4.10. The van der Waals surface area contributed by atoms with E-state index in [1.165, 1.54) is 34.4 Å². The average Bonchev–Trinajstić information content (AvgIpc) is 2.91. The van der Waals surface area contributed by atoms with Gasteiger partial charge in [0.05, 0.1) is 15.6 Å². The molecule has 1 aromatic heterocycles. The molecule has 0 aliphatic heterocycles. The number of nitrogen functional groups attached to an aromatic ring is 1. The molecule has 0 atom stereocenters. The van der Waals surface area contributed by atoms with Gasteiger partial charge >= 0.3 is 0 Å². The lowest BCUT2D eigenvalue weighted by molar-refractivity contribution is 0.103. The fourth-order valence-corrected chi connectivity index (χ4v) is 3.73. The molecule has 0 radical (unpaired) electrons. The van der Waals surface area contributed by atoms with Crippen molar-refractivity contribution in [3.8, 4) is 0 Å². The lowest BCUT2D eigenvalue weighted by Gasteiger charge is -2.04. The summed E-state index contributed by atoms with van der Waals surface area (Å²) in [6.45, 7) is 0. The van der Waals surface area contributed by atoms with Crippen molar-refractivity contribution in [2.24, 2.45) is 0 Å². The molecule has 0 saturated heterocycles. The van der Waals surface area contributed by atoms with Gasteiger partial charge in [0, 0.05) is 10.4 Å². The van der Waals surface area contributed by atoms with Crippen molar-refractivity contribution in [2.45, 2.75) is 19.3 Å². The highest BCUT2D eigenvalue weighted by molar-refractivity contribution is 7.16. The quantitative estimate of drug-likeness (QED) is 0.855. The zero-order valence-corrected chi connectivity index (χ0v) is 11.6. The molecule has 0 unspecified atom stereocenters. The SMILES string of the molecule is Nc1sc2c(c1C(=O)c1ccc(Cl)c(F)c1)CCC2. The van der Waals surface area contributed by atoms with E-state index in [2.05, 4.69) is 0 Å². The van der Waals surface area contributed by atoms with Gasteiger partial charge in [0.2, 0.25) is 0 Å². The molecule has 2 N–H and O–H groups in total. The molecule has 1 heterocycles. The number of benzene rings is 1. The third-order valence-electron chi connectivity index (χ3n) is 3.36. The molecule has 2 nitrogen and oxygen atoms in total. The fourth-order valence-electron chi connectivity index (χ4n) is 2.46. The number of ketones is 1. The zero-order valence-electron chi connectivity index (χ0n) is 10.0. The van der Waals surface area contributed by atoms with Crippen molar-refractivity contribution in [1.29, 1.82) is 0 Å². The minimum absolute atomic E-state index is 0.0140. The van der Waals surface area contributed by atoms with Gasteiger partial charge in [-0.2, -0.15) is 0 Å². The van der Waals surface area contributed by atoms with Crippen LogP contribution in [-0.2, 0) is 12.8 Å². The Labute approximate surface area is 119 Å². The van der Waals surface area contributed by atoms with E-state index in [0.29, 0.717) is 16.1 Å². The van der Waals surface area contributed by atoms with Crippen molar-refractivity contribution in [2.75, 3.05) is 5.73 Å². The summed E-state index contributed by atoms with van der Waals surface area (Å²) in [7, 11) is 0. The summed E-state index contributed by atoms with van der Waals surface area (Å²) in [5.74, 6) is -0.801. The number of thiophene rings is 1. The van der Waals surface area contributed by atoms with Gasteiger partial charge in [0.1, 0.15) is 5.82 Å². The largest absolute Gasteiger partial charge is 0.390 e. The molecular formula is C14H11ClFNOS. The standard InChI is InChI=1S/C14H11ClFNOS/c15-9-5-4-7(6-10(9)16)13(18)12-8-2-1-3-11(8)19-14(12)17/h4-6H,1-3,17H2. The first-order valence-corrected chi connectivity index (χ1v) is 7.17. The van der Waals surface area contributed by atoms with Gasteiger partial charge in [-0.3, -0.25) is 4.79 Å². The Kier molecular flexibility index (Phi) is 3.07. The van der Waals surface area contributed by atoms with Crippen molar-refractivity contribution in [3.05, 3.63) is 50.6 Å². The van der Waals surface area contributed by atoms with Crippen molar-refractivity contribution in [1.82, 2.24) is 0 Å². The van der Waals surface area contributed by atoms with Gasteiger partial charge in [0.15, 0.2) is 5.78 Å². The maximum atomic E-state index is 13.4. The van der Waals surface area contributed by atoms with Gasteiger partial charge in [0.25, 0.3) is 0 Å². The molecule has 19 heavy (non-hydrogen) atoms. The molecule has 1 aliphatic rings. The Balaban J connectivity index is 2.07. The monoisotopic (exact) mass is 295 g/mol. The molecule has 3 rings (SSSR count). The molecule has 98 valence electrons.